The molecule has 0 fully saturated rings. The van der Waals surface area contributed by atoms with Crippen molar-refractivity contribution in [2.24, 2.45) is 5.10 Å². The number of hydrogen-bond acceptors (Lipinski definition) is 5. The van der Waals surface area contributed by atoms with Crippen LogP contribution in [0.4, 0.5) is 18.3 Å². The summed E-state index contributed by atoms with van der Waals surface area (Å²) in [7, 11) is 0. The predicted octanol–water partition coefficient (Wildman–Crippen LogP) is 6.25. The summed E-state index contributed by atoms with van der Waals surface area (Å²) in [4.78, 5) is 4.46. The van der Waals surface area contributed by atoms with Gasteiger partial charge in [-0.05, 0) is 41.5 Å². The molecule has 0 spiro atoms. The Bertz CT molecular complexity index is 1210. The van der Waals surface area contributed by atoms with Crippen molar-refractivity contribution < 1.29 is 17.9 Å². The zero-order valence-electron chi connectivity index (χ0n) is 16.1. The van der Waals surface area contributed by atoms with E-state index in [2.05, 4.69) is 15.5 Å². The Morgan fingerprint density at radius 1 is 0.935 bits per heavy atom. The second-order valence-electron chi connectivity index (χ2n) is 6.50. The molecule has 4 nitrogen and oxygen atoms in total. The van der Waals surface area contributed by atoms with Gasteiger partial charge >= 0.3 is 0 Å². The van der Waals surface area contributed by atoms with Crippen molar-refractivity contribution in [2.45, 2.75) is 6.61 Å². The lowest BCUT2D eigenvalue weighted by molar-refractivity contribution is 0.289. The molecule has 8 heteroatoms. The molecule has 0 aliphatic heterocycles. The lowest BCUT2D eigenvalue weighted by Gasteiger charge is -2.08. The number of rotatable bonds is 7. The minimum Gasteiger partial charge on any atom is -0.486 e. The maximum atomic E-state index is 14.3. The Balaban J connectivity index is 1.35. The standard InChI is InChI=1S/C23H16F3N3OS/c24-18-8-6-16(11-19(18)25)13-30-22-9-7-15(10-20(22)26)12-27-29-23-28-21(14-31-23)17-4-2-1-3-5-17/h1-12,14H,13H2,(H,28,29). The fraction of sp³-hybridized carbons (Fsp3) is 0.0435. The molecule has 156 valence electrons. The maximum absolute atomic E-state index is 14.3. The number of anilines is 1. The SMILES string of the molecule is Fc1ccc(COc2ccc(C=NNc3nc(-c4ccccc4)cs3)cc2F)cc1F. The van der Waals surface area contributed by atoms with Crippen LogP contribution in [0.1, 0.15) is 11.1 Å². The molecule has 0 unspecified atom stereocenters. The summed E-state index contributed by atoms with van der Waals surface area (Å²) in [6.45, 7) is -0.0864. The van der Waals surface area contributed by atoms with Gasteiger partial charge in [-0.2, -0.15) is 5.10 Å². The molecule has 1 aromatic heterocycles. The topological polar surface area (TPSA) is 46.5 Å². The van der Waals surface area contributed by atoms with E-state index in [9.17, 15) is 13.2 Å². The second-order valence-corrected chi connectivity index (χ2v) is 7.36. The van der Waals surface area contributed by atoms with Gasteiger partial charge in [0.1, 0.15) is 6.61 Å². The van der Waals surface area contributed by atoms with Gasteiger partial charge in [0.2, 0.25) is 5.13 Å². The molecule has 0 aliphatic rings. The fourth-order valence-corrected chi connectivity index (χ4v) is 3.40. The van der Waals surface area contributed by atoms with Gasteiger partial charge in [-0.1, -0.05) is 36.4 Å². The summed E-state index contributed by atoms with van der Waals surface area (Å²) in [5.41, 5.74) is 5.60. The van der Waals surface area contributed by atoms with Crippen LogP contribution in [0.15, 0.2) is 77.2 Å². The van der Waals surface area contributed by atoms with E-state index in [0.717, 1.165) is 23.4 Å². The van der Waals surface area contributed by atoms with E-state index in [-0.39, 0.29) is 12.4 Å². The van der Waals surface area contributed by atoms with Crippen molar-refractivity contribution in [3.05, 3.63) is 101 Å². The van der Waals surface area contributed by atoms with Crippen LogP contribution >= 0.6 is 11.3 Å². The quantitative estimate of drug-likeness (QED) is 0.273. The molecule has 0 saturated heterocycles. The number of thiazole rings is 1. The predicted molar refractivity (Wildman–Crippen MR) is 116 cm³/mol. The molecule has 31 heavy (non-hydrogen) atoms. The summed E-state index contributed by atoms with van der Waals surface area (Å²) < 4.78 is 45.8. The third-order valence-electron chi connectivity index (χ3n) is 4.28. The van der Waals surface area contributed by atoms with Crippen LogP contribution in [0.5, 0.6) is 5.75 Å². The molecule has 4 rings (SSSR count). The van der Waals surface area contributed by atoms with Crippen molar-refractivity contribution in [1.29, 1.82) is 0 Å². The number of hydrazone groups is 1. The number of halogens is 3. The number of benzene rings is 3. The van der Waals surface area contributed by atoms with Crippen molar-refractivity contribution >= 4 is 22.7 Å². The van der Waals surface area contributed by atoms with Gasteiger partial charge in [0, 0.05) is 10.9 Å². The third-order valence-corrected chi connectivity index (χ3v) is 5.03. The first-order valence-electron chi connectivity index (χ1n) is 9.25. The summed E-state index contributed by atoms with van der Waals surface area (Å²) >= 11 is 1.41. The first-order chi connectivity index (χ1) is 15.1. The minimum absolute atomic E-state index is 0.00210. The van der Waals surface area contributed by atoms with Crippen LogP contribution in [-0.2, 0) is 6.61 Å². The highest BCUT2D eigenvalue weighted by molar-refractivity contribution is 7.14. The second kappa shape index (κ2) is 9.44. The van der Waals surface area contributed by atoms with E-state index in [1.165, 1.54) is 35.8 Å². The Kier molecular flexibility index (Phi) is 6.28. The average molecular weight is 439 g/mol. The highest BCUT2D eigenvalue weighted by Crippen LogP contribution is 2.24. The lowest BCUT2D eigenvalue weighted by Crippen LogP contribution is -1.99. The molecule has 0 bridgehead atoms. The molecule has 0 saturated carbocycles. The van der Waals surface area contributed by atoms with Crippen LogP contribution in [0.25, 0.3) is 11.3 Å². The van der Waals surface area contributed by atoms with E-state index in [1.54, 1.807) is 6.07 Å². The molecular weight excluding hydrogens is 423 g/mol. The van der Waals surface area contributed by atoms with Crippen LogP contribution in [0.2, 0.25) is 0 Å². The molecular formula is C23H16F3N3OS. The van der Waals surface area contributed by atoms with E-state index in [1.807, 2.05) is 35.7 Å². The van der Waals surface area contributed by atoms with E-state index >= 15 is 0 Å². The smallest absolute Gasteiger partial charge is 0.203 e. The van der Waals surface area contributed by atoms with E-state index < -0.39 is 17.5 Å². The lowest BCUT2D eigenvalue weighted by atomic mass is 10.2. The Hall–Kier alpha value is -3.65. The van der Waals surface area contributed by atoms with Gasteiger partial charge in [0.15, 0.2) is 23.2 Å². The molecule has 0 aliphatic carbocycles. The van der Waals surface area contributed by atoms with Crippen molar-refractivity contribution in [2.75, 3.05) is 5.43 Å². The average Bonchev–Trinajstić information content (AvgIpc) is 3.25. The first kappa shape index (κ1) is 20.6. The Morgan fingerprint density at radius 3 is 2.55 bits per heavy atom. The molecule has 1 N–H and O–H groups in total. The zero-order valence-corrected chi connectivity index (χ0v) is 16.9. The molecule has 0 amide bonds. The third kappa shape index (κ3) is 5.29. The minimum atomic E-state index is -0.975. The number of nitrogens with zero attached hydrogens (tertiary/aromatic N) is 2. The van der Waals surface area contributed by atoms with Crippen LogP contribution in [-0.4, -0.2) is 11.2 Å². The van der Waals surface area contributed by atoms with Gasteiger partial charge < -0.3 is 4.74 Å². The van der Waals surface area contributed by atoms with Gasteiger partial charge in [0.05, 0.1) is 11.9 Å². The first-order valence-corrected chi connectivity index (χ1v) is 10.1. The van der Waals surface area contributed by atoms with Gasteiger partial charge in [0.25, 0.3) is 0 Å². The van der Waals surface area contributed by atoms with Gasteiger partial charge in [-0.15, -0.1) is 11.3 Å². The van der Waals surface area contributed by atoms with E-state index in [0.29, 0.717) is 16.3 Å². The summed E-state index contributed by atoms with van der Waals surface area (Å²) in [6.07, 6.45) is 1.46. The highest BCUT2D eigenvalue weighted by Gasteiger charge is 2.07. The van der Waals surface area contributed by atoms with Gasteiger partial charge in [-0.3, -0.25) is 5.43 Å². The fourth-order valence-electron chi connectivity index (χ4n) is 2.73. The monoisotopic (exact) mass is 439 g/mol. The molecule has 3 aromatic carbocycles. The number of ether oxygens (including phenoxy) is 1. The molecule has 0 radical (unpaired) electrons. The van der Waals surface area contributed by atoms with Crippen LogP contribution in [0.3, 0.4) is 0 Å². The zero-order chi connectivity index (χ0) is 21.6. The van der Waals surface area contributed by atoms with Crippen molar-refractivity contribution in [3.8, 4) is 17.0 Å². The molecule has 0 atom stereocenters. The summed E-state index contributed by atoms with van der Waals surface area (Å²) in [5.74, 6) is -2.51. The number of nitrogens with one attached hydrogen (secondary N) is 1. The Labute approximate surface area is 180 Å². The van der Waals surface area contributed by atoms with Gasteiger partial charge in [-0.25, -0.2) is 18.2 Å². The molecule has 4 aromatic rings. The summed E-state index contributed by atoms with van der Waals surface area (Å²) in [6, 6.07) is 17.5. The number of aromatic nitrogens is 1. The largest absolute Gasteiger partial charge is 0.486 e. The van der Waals surface area contributed by atoms with E-state index in [4.69, 9.17) is 4.74 Å². The van der Waals surface area contributed by atoms with Crippen LogP contribution in [0, 0.1) is 17.5 Å². The Morgan fingerprint density at radius 2 is 1.77 bits per heavy atom. The summed E-state index contributed by atoms with van der Waals surface area (Å²) in [5, 5.41) is 6.63. The van der Waals surface area contributed by atoms with Crippen molar-refractivity contribution in [1.82, 2.24) is 4.98 Å². The van der Waals surface area contributed by atoms with Crippen LogP contribution < -0.4 is 10.2 Å². The maximum Gasteiger partial charge on any atom is 0.203 e. The normalized spacial score (nSPS) is 11.1. The van der Waals surface area contributed by atoms with Crippen molar-refractivity contribution in [3.63, 3.8) is 0 Å². The highest BCUT2D eigenvalue weighted by atomic mass is 32.1. The molecule has 1 heterocycles. The number of hydrogen-bond donors (Lipinski definition) is 1.